The average molecular weight is 233 g/mol. The highest BCUT2D eigenvalue weighted by Gasteiger charge is 2.25. The van der Waals surface area contributed by atoms with Crippen molar-refractivity contribution in [2.75, 3.05) is 18.6 Å². The number of anilines is 1. The molecule has 1 heterocycles. The lowest BCUT2D eigenvalue weighted by molar-refractivity contribution is -0.120. The fraction of sp³-hybridized carbons (Fsp3) is 0.500. The zero-order chi connectivity index (χ0) is 12.6. The van der Waals surface area contributed by atoms with Gasteiger partial charge in [0.15, 0.2) is 6.61 Å². The summed E-state index contributed by atoms with van der Waals surface area (Å²) in [4.78, 5) is 13.3. The fourth-order valence-electron chi connectivity index (χ4n) is 1.90. The second-order valence-corrected chi connectivity index (χ2v) is 5.16. The Morgan fingerprint density at radius 1 is 1.41 bits per heavy atom. The monoisotopic (exact) mass is 233 g/mol. The molecule has 0 N–H and O–H groups in total. The number of likely N-dealkylation sites (N-methyl/N-ethyl adjacent to an activating group) is 1. The van der Waals surface area contributed by atoms with E-state index in [0.29, 0.717) is 0 Å². The van der Waals surface area contributed by atoms with Crippen molar-refractivity contribution in [3.8, 4) is 5.75 Å². The minimum atomic E-state index is 0.00366. The summed E-state index contributed by atoms with van der Waals surface area (Å²) in [5.41, 5.74) is 2.24. The van der Waals surface area contributed by atoms with Crippen LogP contribution in [0.25, 0.3) is 0 Å². The quantitative estimate of drug-likeness (QED) is 0.786. The first-order valence-corrected chi connectivity index (χ1v) is 5.99. The summed E-state index contributed by atoms with van der Waals surface area (Å²) in [5.74, 6) is 0.798. The van der Waals surface area contributed by atoms with Gasteiger partial charge in [-0.05, 0) is 29.5 Å². The summed E-state index contributed by atoms with van der Waals surface area (Å²) in [6, 6.07) is 6.12. The molecular formula is C14H19NO2. The van der Waals surface area contributed by atoms with Crippen LogP contribution in [0.15, 0.2) is 18.2 Å². The summed E-state index contributed by atoms with van der Waals surface area (Å²) in [6.45, 7) is 6.73. The van der Waals surface area contributed by atoms with Gasteiger partial charge in [0, 0.05) is 7.05 Å². The third-order valence-corrected chi connectivity index (χ3v) is 3.71. The molecule has 0 spiro atoms. The first-order valence-electron chi connectivity index (χ1n) is 5.99. The van der Waals surface area contributed by atoms with Gasteiger partial charge in [-0.1, -0.05) is 26.8 Å². The molecule has 0 saturated carbocycles. The normalized spacial score (nSPS) is 15.5. The van der Waals surface area contributed by atoms with E-state index in [1.807, 2.05) is 6.07 Å². The third-order valence-electron chi connectivity index (χ3n) is 3.71. The summed E-state index contributed by atoms with van der Waals surface area (Å²) in [5, 5.41) is 0. The lowest BCUT2D eigenvalue weighted by Crippen LogP contribution is -2.35. The van der Waals surface area contributed by atoms with E-state index >= 15 is 0 Å². The van der Waals surface area contributed by atoms with E-state index in [0.717, 1.165) is 17.9 Å². The Bertz CT molecular complexity index is 452. The number of amides is 1. The predicted octanol–water partition coefficient (Wildman–Crippen LogP) is 2.73. The number of nitrogens with zero attached hydrogens (tertiary/aromatic N) is 1. The van der Waals surface area contributed by atoms with Crippen LogP contribution in [-0.4, -0.2) is 19.6 Å². The molecule has 0 bridgehead atoms. The van der Waals surface area contributed by atoms with Gasteiger partial charge in [0.05, 0.1) is 5.69 Å². The molecule has 3 nitrogen and oxygen atoms in total. The van der Waals surface area contributed by atoms with Crippen molar-refractivity contribution >= 4 is 11.6 Å². The van der Waals surface area contributed by atoms with Crippen LogP contribution in [0.3, 0.4) is 0 Å². The number of benzene rings is 1. The number of carbonyl (C=O) groups excluding carboxylic acids is 1. The summed E-state index contributed by atoms with van der Waals surface area (Å²) < 4.78 is 5.42. The smallest absolute Gasteiger partial charge is 0.264 e. The maximum atomic E-state index is 11.6. The van der Waals surface area contributed by atoms with E-state index in [-0.39, 0.29) is 17.9 Å². The molecule has 0 aliphatic carbocycles. The summed E-state index contributed by atoms with van der Waals surface area (Å²) >= 11 is 0. The molecule has 3 heteroatoms. The van der Waals surface area contributed by atoms with Crippen molar-refractivity contribution in [3.05, 3.63) is 23.8 Å². The summed E-state index contributed by atoms with van der Waals surface area (Å²) in [6.07, 6.45) is 1.06. The van der Waals surface area contributed by atoms with E-state index in [1.165, 1.54) is 5.56 Å². The van der Waals surface area contributed by atoms with Gasteiger partial charge in [0.1, 0.15) is 5.75 Å². The molecule has 1 aliphatic rings. The second kappa shape index (κ2) is 4.06. The minimum Gasteiger partial charge on any atom is -0.482 e. The van der Waals surface area contributed by atoms with E-state index in [2.05, 4.69) is 32.9 Å². The van der Waals surface area contributed by atoms with Crippen LogP contribution in [0, 0.1) is 0 Å². The van der Waals surface area contributed by atoms with Crippen molar-refractivity contribution < 1.29 is 9.53 Å². The molecule has 0 saturated heterocycles. The lowest BCUT2D eigenvalue weighted by atomic mass is 9.82. The van der Waals surface area contributed by atoms with Gasteiger partial charge in [-0.15, -0.1) is 0 Å². The van der Waals surface area contributed by atoms with Crippen molar-refractivity contribution in [2.24, 2.45) is 0 Å². The van der Waals surface area contributed by atoms with Gasteiger partial charge in [-0.3, -0.25) is 4.79 Å². The molecule has 0 aromatic heterocycles. The molecule has 17 heavy (non-hydrogen) atoms. The van der Waals surface area contributed by atoms with E-state index in [1.54, 1.807) is 11.9 Å². The molecule has 0 unspecified atom stereocenters. The Morgan fingerprint density at radius 3 is 2.76 bits per heavy atom. The maximum Gasteiger partial charge on any atom is 0.264 e. The zero-order valence-corrected chi connectivity index (χ0v) is 10.9. The van der Waals surface area contributed by atoms with Gasteiger partial charge in [0.25, 0.3) is 5.91 Å². The van der Waals surface area contributed by atoms with Crippen molar-refractivity contribution in [1.29, 1.82) is 0 Å². The Morgan fingerprint density at radius 2 is 2.12 bits per heavy atom. The number of rotatable bonds is 2. The number of ether oxygens (including phenoxy) is 1. The molecule has 0 radical (unpaired) electrons. The predicted molar refractivity (Wildman–Crippen MR) is 68.7 cm³/mol. The molecule has 1 amide bonds. The Labute approximate surface area is 102 Å². The van der Waals surface area contributed by atoms with Gasteiger partial charge < -0.3 is 9.64 Å². The zero-order valence-electron chi connectivity index (χ0n) is 10.9. The van der Waals surface area contributed by atoms with Crippen molar-refractivity contribution in [1.82, 2.24) is 0 Å². The molecule has 2 rings (SSSR count). The fourth-order valence-corrected chi connectivity index (χ4v) is 1.90. The first kappa shape index (κ1) is 12.0. The Kier molecular flexibility index (Phi) is 2.86. The molecule has 0 fully saturated rings. The number of carbonyl (C=O) groups is 1. The van der Waals surface area contributed by atoms with Crippen LogP contribution in [0.2, 0.25) is 0 Å². The van der Waals surface area contributed by atoms with E-state index in [9.17, 15) is 4.79 Å². The van der Waals surface area contributed by atoms with Crippen LogP contribution in [0.5, 0.6) is 5.75 Å². The third kappa shape index (κ3) is 2.02. The van der Waals surface area contributed by atoms with Crippen LogP contribution in [0.4, 0.5) is 5.69 Å². The summed E-state index contributed by atoms with van der Waals surface area (Å²) in [7, 11) is 1.80. The van der Waals surface area contributed by atoms with E-state index in [4.69, 9.17) is 4.74 Å². The minimum absolute atomic E-state index is 0.00366. The van der Waals surface area contributed by atoms with Crippen LogP contribution in [0.1, 0.15) is 32.8 Å². The number of hydrogen-bond donors (Lipinski definition) is 0. The van der Waals surface area contributed by atoms with Crippen LogP contribution in [-0.2, 0) is 10.2 Å². The van der Waals surface area contributed by atoms with Crippen LogP contribution < -0.4 is 9.64 Å². The highest BCUT2D eigenvalue weighted by atomic mass is 16.5. The largest absolute Gasteiger partial charge is 0.482 e. The van der Waals surface area contributed by atoms with E-state index < -0.39 is 0 Å². The molecule has 1 aromatic carbocycles. The molecule has 1 aromatic rings. The van der Waals surface area contributed by atoms with Gasteiger partial charge in [-0.25, -0.2) is 0 Å². The standard InChI is InChI=1S/C14H19NO2/c1-5-14(2,3)10-6-7-12-11(8-10)15(4)13(16)9-17-12/h6-8H,5,9H2,1-4H3. The van der Waals surface area contributed by atoms with Crippen LogP contribution >= 0.6 is 0 Å². The van der Waals surface area contributed by atoms with Gasteiger partial charge in [-0.2, -0.15) is 0 Å². The average Bonchev–Trinajstić information content (AvgIpc) is 2.33. The molecule has 0 atom stereocenters. The van der Waals surface area contributed by atoms with Gasteiger partial charge in [0.2, 0.25) is 0 Å². The van der Waals surface area contributed by atoms with Crippen molar-refractivity contribution in [3.63, 3.8) is 0 Å². The SMILES string of the molecule is CCC(C)(C)c1ccc2c(c1)N(C)C(=O)CO2. The molecule has 92 valence electrons. The highest BCUT2D eigenvalue weighted by molar-refractivity contribution is 5.97. The number of hydrogen-bond acceptors (Lipinski definition) is 2. The Hall–Kier alpha value is -1.51. The Balaban J connectivity index is 2.46. The number of fused-ring (bicyclic) bond motifs is 1. The first-order chi connectivity index (χ1) is 7.95. The lowest BCUT2D eigenvalue weighted by Gasteiger charge is -2.29. The molecule has 1 aliphatic heterocycles. The molecular weight excluding hydrogens is 214 g/mol. The topological polar surface area (TPSA) is 29.5 Å². The maximum absolute atomic E-state index is 11.6. The van der Waals surface area contributed by atoms with Gasteiger partial charge >= 0.3 is 0 Å². The second-order valence-electron chi connectivity index (χ2n) is 5.16. The highest BCUT2D eigenvalue weighted by Crippen LogP contribution is 2.36. The van der Waals surface area contributed by atoms with Crippen molar-refractivity contribution in [2.45, 2.75) is 32.6 Å².